The molecule has 2 heterocycles. The van der Waals surface area contributed by atoms with Crippen molar-refractivity contribution in [2.45, 2.75) is 20.0 Å². The second-order valence-corrected chi connectivity index (χ2v) is 6.02. The average Bonchev–Trinajstić information content (AvgIpc) is 2.80. The molecule has 0 spiro atoms. The lowest BCUT2D eigenvalue weighted by atomic mass is 10.1. The number of fused-ring (bicyclic) bond motifs is 1. The summed E-state index contributed by atoms with van der Waals surface area (Å²) in [5, 5.41) is 0. The van der Waals surface area contributed by atoms with Crippen molar-refractivity contribution >= 4 is 28.2 Å². The molecule has 0 saturated heterocycles. The predicted octanol–water partition coefficient (Wildman–Crippen LogP) is 4.39. The Morgan fingerprint density at radius 2 is 1.85 bits per heavy atom. The van der Waals surface area contributed by atoms with Crippen LogP contribution in [0.15, 0.2) is 48.8 Å². The average molecular weight is 378 g/mol. The number of hydrogen-bond acceptors (Lipinski definition) is 2. The number of benzene rings is 1. The molecule has 3 aromatic rings. The molecule has 0 aliphatic carbocycles. The van der Waals surface area contributed by atoms with Crippen LogP contribution < -0.4 is 4.74 Å². The number of nitrogens with zero attached hydrogens (tertiary/aromatic N) is 2. The van der Waals surface area contributed by atoms with Crippen LogP contribution in [0.5, 0.6) is 5.75 Å². The zero-order valence-corrected chi connectivity index (χ0v) is 13.5. The van der Waals surface area contributed by atoms with E-state index in [4.69, 9.17) is 4.74 Å². The smallest absolute Gasteiger partial charge is 0.138 e. The second kappa shape index (κ2) is 5.44. The minimum absolute atomic E-state index is 0.198. The molecule has 20 heavy (non-hydrogen) atoms. The molecule has 0 fully saturated rings. The fraction of sp³-hybridized carbons (Fsp3) is 0.188. The van der Waals surface area contributed by atoms with Crippen LogP contribution >= 0.6 is 22.6 Å². The summed E-state index contributed by atoms with van der Waals surface area (Å²) in [6, 6.07) is 12.4. The molecular formula is C16H15IN2O. The van der Waals surface area contributed by atoms with Crippen LogP contribution in [-0.2, 0) is 0 Å². The van der Waals surface area contributed by atoms with Crippen molar-refractivity contribution in [2.24, 2.45) is 0 Å². The van der Waals surface area contributed by atoms with Crippen LogP contribution in [0, 0.1) is 3.70 Å². The maximum atomic E-state index is 5.66. The lowest BCUT2D eigenvalue weighted by molar-refractivity contribution is 0.242. The van der Waals surface area contributed by atoms with E-state index in [0.29, 0.717) is 0 Å². The quantitative estimate of drug-likeness (QED) is 0.632. The van der Waals surface area contributed by atoms with E-state index in [0.717, 1.165) is 20.7 Å². The van der Waals surface area contributed by atoms with Gasteiger partial charge in [-0.1, -0.05) is 12.1 Å². The predicted molar refractivity (Wildman–Crippen MR) is 89.1 cm³/mol. The van der Waals surface area contributed by atoms with Crippen LogP contribution in [-0.4, -0.2) is 15.5 Å². The number of imidazole rings is 1. The Bertz CT molecular complexity index is 732. The summed E-state index contributed by atoms with van der Waals surface area (Å²) in [6.07, 6.45) is 4.13. The molecule has 4 heteroatoms. The summed E-state index contributed by atoms with van der Waals surface area (Å²) < 4.78 is 8.85. The van der Waals surface area contributed by atoms with Gasteiger partial charge in [0, 0.05) is 6.20 Å². The van der Waals surface area contributed by atoms with Gasteiger partial charge in [0.2, 0.25) is 0 Å². The lowest BCUT2D eigenvalue weighted by Gasteiger charge is -2.10. The van der Waals surface area contributed by atoms with Crippen molar-refractivity contribution in [2.75, 3.05) is 0 Å². The maximum Gasteiger partial charge on any atom is 0.138 e. The highest BCUT2D eigenvalue weighted by Crippen LogP contribution is 2.24. The van der Waals surface area contributed by atoms with Gasteiger partial charge in [0.1, 0.15) is 15.1 Å². The van der Waals surface area contributed by atoms with Crippen molar-refractivity contribution < 1.29 is 4.74 Å². The summed E-state index contributed by atoms with van der Waals surface area (Å²) in [5.41, 5.74) is 3.30. The van der Waals surface area contributed by atoms with Crippen LogP contribution in [0.25, 0.3) is 16.8 Å². The largest absolute Gasteiger partial charge is 0.491 e. The van der Waals surface area contributed by atoms with Gasteiger partial charge in [-0.2, -0.15) is 0 Å². The summed E-state index contributed by atoms with van der Waals surface area (Å²) >= 11 is 2.28. The molecule has 0 amide bonds. The third kappa shape index (κ3) is 2.65. The molecule has 0 unspecified atom stereocenters. The molecule has 0 aliphatic heterocycles. The van der Waals surface area contributed by atoms with Crippen LogP contribution in [0.1, 0.15) is 13.8 Å². The highest BCUT2D eigenvalue weighted by atomic mass is 127. The topological polar surface area (TPSA) is 26.5 Å². The number of hydrogen-bond donors (Lipinski definition) is 0. The number of ether oxygens (including phenoxy) is 1. The van der Waals surface area contributed by atoms with Gasteiger partial charge in [-0.25, -0.2) is 4.98 Å². The summed E-state index contributed by atoms with van der Waals surface area (Å²) in [5.74, 6) is 0.903. The molecule has 2 aromatic heterocycles. The SMILES string of the molecule is CC(C)Oc1ccc(-c2ccn3c(I)cnc3c2)cc1. The van der Waals surface area contributed by atoms with Gasteiger partial charge in [0.25, 0.3) is 0 Å². The van der Waals surface area contributed by atoms with E-state index in [1.165, 1.54) is 5.56 Å². The molecule has 0 radical (unpaired) electrons. The van der Waals surface area contributed by atoms with Crippen LogP contribution in [0.2, 0.25) is 0 Å². The molecule has 0 bridgehead atoms. The first-order chi connectivity index (χ1) is 9.63. The van der Waals surface area contributed by atoms with Crippen molar-refractivity contribution in [1.29, 1.82) is 0 Å². The Kier molecular flexibility index (Phi) is 3.65. The zero-order valence-electron chi connectivity index (χ0n) is 11.4. The standard InChI is InChI=1S/C16H15IN2O/c1-11(2)20-14-5-3-12(4-6-14)13-7-8-19-15(17)10-18-16(19)9-13/h3-11H,1-2H3. The fourth-order valence-electron chi connectivity index (χ4n) is 2.13. The molecular weight excluding hydrogens is 363 g/mol. The second-order valence-electron chi connectivity index (χ2n) is 4.92. The number of halogens is 1. The van der Waals surface area contributed by atoms with Crippen molar-refractivity contribution in [1.82, 2.24) is 9.38 Å². The van der Waals surface area contributed by atoms with Crippen molar-refractivity contribution in [3.8, 4) is 16.9 Å². The molecule has 0 saturated carbocycles. The molecule has 0 aliphatic rings. The van der Waals surface area contributed by atoms with E-state index in [9.17, 15) is 0 Å². The molecule has 0 N–H and O–H groups in total. The third-order valence-corrected chi connectivity index (χ3v) is 3.83. The van der Waals surface area contributed by atoms with Crippen molar-refractivity contribution in [3.63, 3.8) is 0 Å². The van der Waals surface area contributed by atoms with E-state index in [2.05, 4.69) is 62.4 Å². The highest BCUT2D eigenvalue weighted by molar-refractivity contribution is 14.1. The first kappa shape index (κ1) is 13.4. The molecule has 3 rings (SSSR count). The first-order valence-electron chi connectivity index (χ1n) is 6.53. The number of aromatic nitrogens is 2. The summed E-state index contributed by atoms with van der Waals surface area (Å²) in [6.45, 7) is 4.06. The summed E-state index contributed by atoms with van der Waals surface area (Å²) in [7, 11) is 0. The van der Waals surface area contributed by atoms with Gasteiger partial charge in [-0.3, -0.25) is 4.40 Å². The Hall–Kier alpha value is -1.56. The lowest BCUT2D eigenvalue weighted by Crippen LogP contribution is -2.05. The van der Waals surface area contributed by atoms with E-state index in [-0.39, 0.29) is 6.10 Å². The molecule has 1 aromatic carbocycles. The molecule has 102 valence electrons. The van der Waals surface area contributed by atoms with E-state index in [1.807, 2.05) is 32.2 Å². The Morgan fingerprint density at radius 1 is 1.10 bits per heavy atom. The van der Waals surface area contributed by atoms with E-state index in [1.54, 1.807) is 0 Å². The Labute approximate surface area is 131 Å². The number of rotatable bonds is 3. The first-order valence-corrected chi connectivity index (χ1v) is 7.61. The van der Waals surface area contributed by atoms with Crippen molar-refractivity contribution in [3.05, 3.63) is 52.5 Å². The van der Waals surface area contributed by atoms with Crippen LogP contribution in [0.4, 0.5) is 0 Å². The Morgan fingerprint density at radius 3 is 2.55 bits per heavy atom. The minimum Gasteiger partial charge on any atom is -0.491 e. The highest BCUT2D eigenvalue weighted by Gasteiger charge is 2.04. The maximum absolute atomic E-state index is 5.66. The van der Waals surface area contributed by atoms with Gasteiger partial charge in [0.15, 0.2) is 0 Å². The zero-order chi connectivity index (χ0) is 14.1. The minimum atomic E-state index is 0.198. The Balaban J connectivity index is 1.94. The van der Waals surface area contributed by atoms with E-state index >= 15 is 0 Å². The third-order valence-electron chi connectivity index (χ3n) is 3.03. The monoisotopic (exact) mass is 378 g/mol. The van der Waals surface area contributed by atoms with Gasteiger partial charge >= 0.3 is 0 Å². The van der Waals surface area contributed by atoms with Gasteiger partial charge < -0.3 is 4.74 Å². The normalized spacial score (nSPS) is 11.2. The van der Waals surface area contributed by atoms with Gasteiger partial charge in [0.05, 0.1) is 12.3 Å². The summed E-state index contributed by atoms with van der Waals surface area (Å²) in [4.78, 5) is 4.39. The molecule has 3 nitrogen and oxygen atoms in total. The van der Waals surface area contributed by atoms with E-state index < -0.39 is 0 Å². The van der Waals surface area contributed by atoms with Gasteiger partial charge in [-0.15, -0.1) is 0 Å². The molecule has 0 atom stereocenters. The van der Waals surface area contributed by atoms with Crippen LogP contribution in [0.3, 0.4) is 0 Å². The fourth-order valence-corrected chi connectivity index (χ4v) is 2.67. The number of pyridine rings is 1. The van der Waals surface area contributed by atoms with Gasteiger partial charge in [-0.05, 0) is 71.8 Å².